The summed E-state index contributed by atoms with van der Waals surface area (Å²) in [6, 6.07) is 6.11. The number of hydrogen-bond donors (Lipinski definition) is 2. The first kappa shape index (κ1) is 16.9. The van der Waals surface area contributed by atoms with Gasteiger partial charge < -0.3 is 24.6 Å². The zero-order valence-corrected chi connectivity index (χ0v) is 12.4. The van der Waals surface area contributed by atoms with Gasteiger partial charge in [0.05, 0.1) is 26.4 Å². The van der Waals surface area contributed by atoms with Crippen LogP contribution in [0.4, 0.5) is 0 Å². The number of para-hydroxylation sites is 1. The van der Waals surface area contributed by atoms with Crippen molar-refractivity contribution in [2.45, 2.75) is 13.5 Å². The fourth-order valence-corrected chi connectivity index (χ4v) is 1.83. The summed E-state index contributed by atoms with van der Waals surface area (Å²) in [5.41, 5.74) is 2.24. The zero-order valence-electron chi connectivity index (χ0n) is 12.4. The molecule has 1 aromatic carbocycles. The Labute approximate surface area is 120 Å². The van der Waals surface area contributed by atoms with E-state index in [0.717, 1.165) is 30.0 Å². The largest absolute Gasteiger partial charge is 0.491 e. The van der Waals surface area contributed by atoms with E-state index in [-0.39, 0.29) is 6.61 Å². The molecule has 5 heteroatoms. The number of benzene rings is 1. The highest BCUT2D eigenvalue weighted by Gasteiger charge is 2.06. The highest BCUT2D eigenvalue weighted by atomic mass is 16.5. The van der Waals surface area contributed by atoms with Crippen LogP contribution in [0.15, 0.2) is 18.2 Å². The molecular weight excluding hydrogens is 258 g/mol. The van der Waals surface area contributed by atoms with Gasteiger partial charge in [-0.05, 0) is 12.5 Å². The lowest BCUT2D eigenvalue weighted by Gasteiger charge is -2.14. The number of aryl methyl sites for hydroxylation is 1. The Hall–Kier alpha value is -1.14. The van der Waals surface area contributed by atoms with Crippen LogP contribution in [0.3, 0.4) is 0 Å². The number of nitrogens with one attached hydrogen (secondary N) is 1. The minimum atomic E-state index is 0.0407. The molecule has 0 fully saturated rings. The van der Waals surface area contributed by atoms with Crippen LogP contribution >= 0.6 is 0 Å². The second-order valence-electron chi connectivity index (χ2n) is 4.42. The van der Waals surface area contributed by atoms with Gasteiger partial charge in [0.1, 0.15) is 12.4 Å². The Bertz CT molecular complexity index is 371. The Morgan fingerprint density at radius 1 is 1.15 bits per heavy atom. The molecule has 114 valence electrons. The van der Waals surface area contributed by atoms with Gasteiger partial charge in [0.2, 0.25) is 0 Å². The van der Waals surface area contributed by atoms with Gasteiger partial charge in [-0.3, -0.25) is 0 Å². The Balaban J connectivity index is 2.45. The quantitative estimate of drug-likeness (QED) is 0.596. The van der Waals surface area contributed by atoms with Crippen molar-refractivity contribution in [1.82, 2.24) is 5.32 Å². The molecule has 0 unspecified atom stereocenters. The molecule has 0 aliphatic heterocycles. The van der Waals surface area contributed by atoms with Crippen molar-refractivity contribution in [3.05, 3.63) is 29.3 Å². The Morgan fingerprint density at radius 3 is 2.75 bits per heavy atom. The van der Waals surface area contributed by atoms with Gasteiger partial charge in [0.15, 0.2) is 0 Å². The average Bonchev–Trinajstić information content (AvgIpc) is 2.45. The first-order valence-corrected chi connectivity index (χ1v) is 6.89. The zero-order chi connectivity index (χ0) is 14.6. The highest BCUT2D eigenvalue weighted by molar-refractivity contribution is 5.40. The summed E-state index contributed by atoms with van der Waals surface area (Å²) in [6.07, 6.45) is 0. The van der Waals surface area contributed by atoms with Crippen LogP contribution in [0.5, 0.6) is 5.75 Å². The molecule has 20 heavy (non-hydrogen) atoms. The topological polar surface area (TPSA) is 60.0 Å². The van der Waals surface area contributed by atoms with Crippen molar-refractivity contribution < 1.29 is 19.3 Å². The molecule has 0 radical (unpaired) electrons. The maximum Gasteiger partial charge on any atom is 0.126 e. The van der Waals surface area contributed by atoms with Gasteiger partial charge in [0, 0.05) is 25.8 Å². The fourth-order valence-electron chi connectivity index (χ4n) is 1.83. The van der Waals surface area contributed by atoms with Crippen molar-refractivity contribution in [3.8, 4) is 5.75 Å². The van der Waals surface area contributed by atoms with E-state index >= 15 is 0 Å². The van der Waals surface area contributed by atoms with Crippen LogP contribution in [-0.2, 0) is 16.0 Å². The van der Waals surface area contributed by atoms with Crippen molar-refractivity contribution in [3.63, 3.8) is 0 Å². The number of rotatable bonds is 11. The molecule has 0 heterocycles. The standard InChI is InChI=1S/C15H25NO4/c1-13-4-3-5-14(12-16-6-8-18-2)15(13)20-11-10-19-9-7-17/h3-5,16-17H,6-12H2,1-2H3. The van der Waals surface area contributed by atoms with Crippen molar-refractivity contribution >= 4 is 0 Å². The van der Waals surface area contributed by atoms with E-state index in [1.807, 2.05) is 19.1 Å². The number of ether oxygens (including phenoxy) is 3. The summed E-state index contributed by atoms with van der Waals surface area (Å²) in [4.78, 5) is 0. The molecule has 0 saturated heterocycles. The van der Waals surface area contributed by atoms with Gasteiger partial charge in [-0.1, -0.05) is 18.2 Å². The minimum Gasteiger partial charge on any atom is -0.491 e. The molecule has 0 aromatic heterocycles. The molecule has 0 spiro atoms. The summed E-state index contributed by atoms with van der Waals surface area (Å²) >= 11 is 0. The Kier molecular flexibility index (Phi) is 8.98. The first-order valence-electron chi connectivity index (χ1n) is 6.89. The molecule has 1 aromatic rings. The second kappa shape index (κ2) is 10.6. The highest BCUT2D eigenvalue weighted by Crippen LogP contribution is 2.23. The smallest absolute Gasteiger partial charge is 0.126 e. The van der Waals surface area contributed by atoms with Crippen LogP contribution in [0.2, 0.25) is 0 Å². The second-order valence-corrected chi connectivity index (χ2v) is 4.42. The summed E-state index contributed by atoms with van der Waals surface area (Å²) in [6.45, 7) is 5.63. The molecule has 2 N–H and O–H groups in total. The van der Waals surface area contributed by atoms with Crippen LogP contribution in [0, 0.1) is 6.92 Å². The maximum absolute atomic E-state index is 8.63. The van der Waals surface area contributed by atoms with Crippen molar-refractivity contribution in [2.24, 2.45) is 0 Å². The maximum atomic E-state index is 8.63. The summed E-state index contributed by atoms with van der Waals surface area (Å²) in [7, 11) is 1.69. The normalized spacial score (nSPS) is 10.8. The van der Waals surface area contributed by atoms with E-state index in [4.69, 9.17) is 19.3 Å². The van der Waals surface area contributed by atoms with Gasteiger partial charge in [-0.2, -0.15) is 0 Å². The minimum absolute atomic E-state index is 0.0407. The predicted octanol–water partition coefficient (Wildman–Crippen LogP) is 1.12. The van der Waals surface area contributed by atoms with Gasteiger partial charge >= 0.3 is 0 Å². The van der Waals surface area contributed by atoms with Gasteiger partial charge in [-0.15, -0.1) is 0 Å². The Morgan fingerprint density at radius 2 is 2.00 bits per heavy atom. The summed E-state index contributed by atoms with van der Waals surface area (Å²) in [5.74, 6) is 0.907. The first-order chi connectivity index (χ1) is 9.79. The lowest BCUT2D eigenvalue weighted by Crippen LogP contribution is -2.19. The number of aliphatic hydroxyl groups is 1. The molecule has 1 rings (SSSR count). The van der Waals surface area contributed by atoms with Crippen LogP contribution in [0.1, 0.15) is 11.1 Å². The molecular formula is C15H25NO4. The van der Waals surface area contributed by atoms with E-state index in [1.165, 1.54) is 0 Å². The fraction of sp³-hybridized carbons (Fsp3) is 0.600. The van der Waals surface area contributed by atoms with Crippen LogP contribution < -0.4 is 10.1 Å². The lowest BCUT2D eigenvalue weighted by molar-refractivity contribution is 0.0701. The molecule has 0 aliphatic rings. The predicted molar refractivity (Wildman–Crippen MR) is 78.2 cm³/mol. The molecule has 0 saturated carbocycles. The van der Waals surface area contributed by atoms with Crippen molar-refractivity contribution in [2.75, 3.05) is 46.7 Å². The molecule has 0 atom stereocenters. The number of aliphatic hydroxyl groups excluding tert-OH is 1. The third kappa shape index (κ3) is 6.34. The van der Waals surface area contributed by atoms with E-state index < -0.39 is 0 Å². The van der Waals surface area contributed by atoms with E-state index in [1.54, 1.807) is 7.11 Å². The third-order valence-electron chi connectivity index (χ3n) is 2.80. The van der Waals surface area contributed by atoms with E-state index in [0.29, 0.717) is 26.4 Å². The SMILES string of the molecule is COCCNCc1cccc(C)c1OCCOCCO. The average molecular weight is 283 g/mol. The lowest BCUT2D eigenvalue weighted by atomic mass is 10.1. The monoisotopic (exact) mass is 283 g/mol. The van der Waals surface area contributed by atoms with Gasteiger partial charge in [-0.25, -0.2) is 0 Å². The summed E-state index contributed by atoms with van der Waals surface area (Å²) in [5, 5.41) is 11.9. The molecule has 0 bridgehead atoms. The third-order valence-corrected chi connectivity index (χ3v) is 2.80. The summed E-state index contributed by atoms with van der Waals surface area (Å²) < 4.78 is 16.0. The van der Waals surface area contributed by atoms with Crippen LogP contribution in [-0.4, -0.2) is 51.8 Å². The van der Waals surface area contributed by atoms with Crippen LogP contribution in [0.25, 0.3) is 0 Å². The molecule has 5 nitrogen and oxygen atoms in total. The molecule has 0 aliphatic carbocycles. The van der Waals surface area contributed by atoms with E-state index in [2.05, 4.69) is 11.4 Å². The molecule has 0 amide bonds. The van der Waals surface area contributed by atoms with Gasteiger partial charge in [0.25, 0.3) is 0 Å². The van der Waals surface area contributed by atoms with Crippen molar-refractivity contribution in [1.29, 1.82) is 0 Å². The number of hydrogen-bond acceptors (Lipinski definition) is 5. The number of methoxy groups -OCH3 is 1. The van der Waals surface area contributed by atoms with E-state index in [9.17, 15) is 0 Å².